The fraction of sp³-hybridized carbons (Fsp3) is 0. The third-order valence-electron chi connectivity index (χ3n) is 28.0. The molecule has 0 aliphatic rings. The zero-order valence-electron chi connectivity index (χ0n) is 85.1. The van der Waals surface area contributed by atoms with E-state index in [1.165, 1.54) is 147 Å². The predicted octanol–water partition coefficient (Wildman–Crippen LogP) is 28.3. The van der Waals surface area contributed by atoms with Gasteiger partial charge in [-0.1, -0.05) is 467 Å². The van der Waals surface area contributed by atoms with Gasteiger partial charge in [0.05, 0.1) is 6.85 Å². The number of benzene rings is 23. The molecule has 0 atom stereocenters. The Bertz CT molecular complexity index is 10400. The van der Waals surface area contributed by atoms with E-state index in [4.69, 9.17) is 6.85 Å². The number of hydrogen-bond acceptors (Lipinski definition) is 15. The highest BCUT2D eigenvalue weighted by Crippen LogP contribution is 2.51. The van der Waals surface area contributed by atoms with Crippen LogP contribution in [0.5, 0.6) is 0 Å². The average Bonchev–Trinajstić information content (AvgIpc) is 1.52. The minimum Gasteiger partial charge on any atom is -0.423 e. The standard InChI is InChI=1S/2C28H19BO2S.C26H17BO2S.2C24H17BO2S/c30-29(31)20-10-3-9-19(17-20)22-12-5-15-25-26-16-6-14-24(28(26)32-27(22)25)23-13-4-8-18-7-1-2-11-21(18)23;30-29(31)22-9-3-8-20(17-22)23-10-4-12-25-26-13-5-11-24(28(26)32-27(23)25)21-15-14-18-6-1-2-7-19(18)16-21;28-27(29)17-14-23-18-7-2-1-6-16(18)12-13-19(23)24(15-17)22-10-5-9-21-20-8-3-4-11-25(20)30-26(21)22;2*26-25(27)18-10-4-9-17(15-18)20-12-6-14-22-21-13-5-11-19(23(21)28-24(20)22)16-7-2-1-3-8-16/h2*1-17,30-31H;1-15,28-29H;2*1-15,26-27H/i;;;1D,2D,3D,7D,8D;. The van der Waals surface area contributed by atoms with Gasteiger partial charge in [-0.15, -0.1) is 56.7 Å². The second-order valence-corrected chi connectivity index (χ2v) is 42.1. The van der Waals surface area contributed by atoms with E-state index in [9.17, 15) is 50.2 Å². The molecule has 714 valence electrons. The Morgan fingerprint density at radius 3 is 0.853 bits per heavy atom. The van der Waals surface area contributed by atoms with Crippen molar-refractivity contribution in [1.82, 2.24) is 0 Å². The SMILES string of the molecule is OB(O)c1cc(-c2cccc3c2sc2ccccc23)c2ccc3ccccc3c2c1.OB(O)c1cccc(-c2cccc3c2sc2c(-c4ccc5ccccc5c4)cccc23)c1.OB(O)c1cccc(-c2cccc3c2sc2c(-c4cccc5ccccc45)cccc23)c1.OB(O)c1cccc(-c2cccc3c2sc2c(-c4ccccc4)cccc23)c1.[2H]c1c([2H])c([2H])c(-c2cccc3c2sc2c(-c4cccc(B(O)O)c4)cccc23)c([2H])c1[2H]. The lowest BCUT2D eigenvalue weighted by molar-refractivity contribution is 0.424. The quantitative estimate of drug-likeness (QED) is 0.0369. The Labute approximate surface area is 892 Å². The smallest absolute Gasteiger partial charge is 0.423 e. The van der Waals surface area contributed by atoms with E-state index in [0.717, 1.165) is 97.4 Å². The van der Waals surface area contributed by atoms with Gasteiger partial charge in [0.15, 0.2) is 0 Å². The minimum atomic E-state index is -1.57. The zero-order chi connectivity index (χ0) is 106. The molecule has 150 heavy (non-hydrogen) atoms. The Morgan fingerprint density at radius 1 is 0.147 bits per heavy atom. The molecule has 20 heteroatoms. The van der Waals surface area contributed by atoms with Crippen LogP contribution in [-0.2, 0) is 0 Å². The van der Waals surface area contributed by atoms with Gasteiger partial charge in [0.1, 0.15) is 0 Å². The number of rotatable bonds is 14. The molecule has 23 aromatic carbocycles. The lowest BCUT2D eigenvalue weighted by atomic mass is 9.77. The first-order chi connectivity index (χ1) is 75.6. The van der Waals surface area contributed by atoms with Crippen LogP contribution in [0.15, 0.2) is 479 Å². The third-order valence-corrected chi connectivity index (χ3v) is 34.3. The number of thiophene rings is 5. The highest BCUT2D eigenvalue weighted by Gasteiger charge is 2.26. The van der Waals surface area contributed by atoms with E-state index in [0.29, 0.717) is 32.9 Å². The lowest BCUT2D eigenvalue weighted by Crippen LogP contribution is -2.29. The predicted molar refractivity (Wildman–Crippen MR) is 645 cm³/mol. The molecule has 0 bridgehead atoms. The van der Waals surface area contributed by atoms with Gasteiger partial charge in [-0.2, -0.15) is 0 Å². The van der Waals surface area contributed by atoms with Crippen LogP contribution in [0.2, 0.25) is 0 Å². The summed E-state index contributed by atoms with van der Waals surface area (Å²) < 4.78 is 52.5. The van der Waals surface area contributed by atoms with Gasteiger partial charge in [0.2, 0.25) is 0 Å². The monoisotopic (exact) mass is 2030 g/mol. The van der Waals surface area contributed by atoms with Crippen molar-refractivity contribution in [2.75, 3.05) is 0 Å². The van der Waals surface area contributed by atoms with E-state index >= 15 is 0 Å². The van der Waals surface area contributed by atoms with Crippen molar-refractivity contribution in [3.63, 3.8) is 0 Å². The van der Waals surface area contributed by atoms with Gasteiger partial charge in [0.25, 0.3) is 0 Å². The topological polar surface area (TPSA) is 202 Å². The fourth-order valence-electron chi connectivity index (χ4n) is 20.8. The maximum atomic E-state index is 10.0. The van der Waals surface area contributed by atoms with Gasteiger partial charge in [-0.25, -0.2) is 0 Å². The van der Waals surface area contributed by atoms with Crippen LogP contribution >= 0.6 is 56.7 Å². The maximum absolute atomic E-state index is 10.0. The molecule has 5 heterocycles. The van der Waals surface area contributed by atoms with Crippen LogP contribution in [0.3, 0.4) is 0 Å². The van der Waals surface area contributed by atoms with Crippen LogP contribution < -0.4 is 27.3 Å². The van der Waals surface area contributed by atoms with Crippen LogP contribution in [0.25, 0.3) is 244 Å². The van der Waals surface area contributed by atoms with Crippen LogP contribution in [-0.4, -0.2) is 85.8 Å². The van der Waals surface area contributed by atoms with Gasteiger partial charge in [0, 0.05) is 112 Å². The molecule has 0 aliphatic carbocycles. The maximum Gasteiger partial charge on any atom is 0.488 e. The van der Waals surface area contributed by atoms with Gasteiger partial charge in [-0.3, -0.25) is 0 Å². The van der Waals surface area contributed by atoms with Crippen molar-refractivity contribution in [3.05, 3.63) is 479 Å². The van der Waals surface area contributed by atoms with Crippen molar-refractivity contribution < 1.29 is 57.1 Å². The molecule has 28 rings (SSSR count). The summed E-state index contributed by atoms with van der Waals surface area (Å²) in [5, 5.41) is 118. The normalized spacial score (nSPS) is 11.9. The number of hydrogen-bond donors (Lipinski definition) is 10. The van der Waals surface area contributed by atoms with Gasteiger partial charge < -0.3 is 50.2 Å². The summed E-state index contributed by atoms with van der Waals surface area (Å²) in [6.07, 6.45) is 0. The Balaban J connectivity index is 0.000000102. The molecule has 10 nitrogen and oxygen atoms in total. The van der Waals surface area contributed by atoms with E-state index in [-0.39, 0.29) is 29.7 Å². The van der Waals surface area contributed by atoms with Crippen molar-refractivity contribution in [1.29, 1.82) is 0 Å². The third kappa shape index (κ3) is 18.5. The van der Waals surface area contributed by atoms with Crippen molar-refractivity contribution in [2.24, 2.45) is 0 Å². The van der Waals surface area contributed by atoms with Crippen molar-refractivity contribution in [2.45, 2.75) is 0 Å². The van der Waals surface area contributed by atoms with Crippen molar-refractivity contribution in [3.8, 4) is 100 Å². The van der Waals surface area contributed by atoms with E-state index < -0.39 is 41.6 Å². The first kappa shape index (κ1) is 90.4. The molecule has 10 N–H and O–H groups in total. The molecule has 0 aliphatic heterocycles. The minimum absolute atomic E-state index is 0.185. The van der Waals surface area contributed by atoms with E-state index in [2.05, 4.69) is 285 Å². The molecule has 0 radical (unpaired) electrons. The molecular weight excluding hydrogens is 1940 g/mol. The Kier molecular flexibility index (Phi) is 25.1. The number of fused-ring (bicyclic) bond motifs is 20. The van der Waals surface area contributed by atoms with Crippen LogP contribution in [0.1, 0.15) is 6.85 Å². The molecule has 0 saturated carbocycles. The average molecular weight is 2030 g/mol. The lowest BCUT2D eigenvalue weighted by Gasteiger charge is -2.13. The van der Waals surface area contributed by atoms with Crippen LogP contribution in [0, 0.1) is 0 Å². The van der Waals surface area contributed by atoms with Crippen LogP contribution in [0.4, 0.5) is 0 Å². The Morgan fingerprint density at radius 2 is 0.427 bits per heavy atom. The molecule has 0 fully saturated rings. The summed E-state index contributed by atoms with van der Waals surface area (Å²) in [7, 11) is -7.51. The molecule has 0 saturated heterocycles. The molecule has 0 unspecified atom stereocenters. The molecule has 5 aromatic heterocycles. The molecule has 0 spiro atoms. The zero-order valence-corrected chi connectivity index (χ0v) is 84.2. The van der Waals surface area contributed by atoms with Crippen molar-refractivity contribution >= 4 is 264 Å². The summed E-state index contributed by atoms with van der Waals surface area (Å²) in [5.74, 6) is 0. The largest absolute Gasteiger partial charge is 0.488 e. The highest BCUT2D eigenvalue weighted by molar-refractivity contribution is 7.28. The second kappa shape index (κ2) is 41.7. The summed E-state index contributed by atoms with van der Waals surface area (Å²) >= 11 is 8.67. The highest BCUT2D eigenvalue weighted by atomic mass is 32.1. The first-order valence-electron chi connectivity index (χ1n) is 51.6. The first-order valence-corrected chi connectivity index (χ1v) is 53.1. The summed E-state index contributed by atoms with van der Waals surface area (Å²) in [5.41, 5.74) is 20.8. The molecular formula is C130H89B5O10S5. The van der Waals surface area contributed by atoms with Gasteiger partial charge >= 0.3 is 35.6 Å². The summed E-state index contributed by atoms with van der Waals surface area (Å²) in [6, 6.07) is 150. The van der Waals surface area contributed by atoms with E-state index in [1.807, 2.05) is 121 Å². The van der Waals surface area contributed by atoms with E-state index in [1.54, 1.807) is 87.8 Å². The second-order valence-electron chi connectivity index (χ2n) is 36.9. The Hall–Kier alpha value is -15.9. The fourth-order valence-corrected chi connectivity index (χ4v) is 27.5. The summed E-state index contributed by atoms with van der Waals surface area (Å²) in [4.78, 5) is 0. The van der Waals surface area contributed by atoms with Gasteiger partial charge in [-0.05, 0) is 172 Å². The molecule has 28 aromatic rings. The molecule has 0 amide bonds. The summed E-state index contributed by atoms with van der Waals surface area (Å²) in [6.45, 7) is 0.